The van der Waals surface area contributed by atoms with E-state index in [-0.39, 0.29) is 5.56 Å². The Bertz CT molecular complexity index is 1150. The van der Waals surface area contributed by atoms with Crippen LogP contribution in [0.2, 0.25) is 10.0 Å². The van der Waals surface area contributed by atoms with Gasteiger partial charge in [-0.3, -0.25) is 9.78 Å². The van der Waals surface area contributed by atoms with Crippen LogP contribution >= 0.6 is 34.5 Å². The highest BCUT2D eigenvalue weighted by molar-refractivity contribution is 7.15. The maximum atomic E-state index is 12.5. The van der Waals surface area contributed by atoms with Gasteiger partial charge in [0.25, 0.3) is 5.56 Å². The molecule has 118 valence electrons. The average molecular weight is 375 g/mol. The second kappa shape index (κ2) is 5.98. The van der Waals surface area contributed by atoms with Crippen LogP contribution < -0.4 is 10.1 Å². The van der Waals surface area contributed by atoms with Crippen LogP contribution in [-0.4, -0.2) is 19.6 Å². The van der Waals surface area contributed by atoms with Gasteiger partial charge in [-0.15, -0.1) is 5.10 Å². The number of fused-ring (bicyclic) bond motifs is 1. The van der Waals surface area contributed by atoms with E-state index in [0.29, 0.717) is 30.9 Å². The van der Waals surface area contributed by atoms with E-state index in [4.69, 9.17) is 23.2 Å². The van der Waals surface area contributed by atoms with Gasteiger partial charge in [0.2, 0.25) is 4.96 Å². The van der Waals surface area contributed by atoms with Gasteiger partial charge in [-0.25, -0.2) is 0 Å². The predicted octanol–water partition coefficient (Wildman–Crippen LogP) is 3.07. The summed E-state index contributed by atoms with van der Waals surface area (Å²) in [6, 6.07) is 8.75. The largest absolute Gasteiger partial charge is 0.291 e. The van der Waals surface area contributed by atoms with Gasteiger partial charge in [0.05, 0.1) is 9.55 Å². The molecule has 4 aromatic rings. The van der Waals surface area contributed by atoms with Crippen molar-refractivity contribution in [2.75, 3.05) is 0 Å². The first kappa shape index (κ1) is 15.3. The molecule has 3 heterocycles. The molecule has 0 unspecified atom stereocenters. The van der Waals surface area contributed by atoms with Gasteiger partial charge < -0.3 is 0 Å². The molecule has 0 bridgehead atoms. The number of pyridine rings is 1. The Labute approximate surface area is 149 Å². The van der Waals surface area contributed by atoms with Gasteiger partial charge >= 0.3 is 0 Å². The molecule has 0 amide bonds. The molecule has 1 aromatic carbocycles. The number of rotatable bonds is 2. The van der Waals surface area contributed by atoms with E-state index in [9.17, 15) is 4.79 Å². The van der Waals surface area contributed by atoms with Gasteiger partial charge in [-0.1, -0.05) is 40.6 Å². The molecular weight excluding hydrogens is 367 g/mol. The fourth-order valence-corrected chi connectivity index (χ4v) is 3.63. The summed E-state index contributed by atoms with van der Waals surface area (Å²) in [5.41, 5.74) is 1.26. The number of benzene rings is 1. The zero-order valence-corrected chi connectivity index (χ0v) is 14.3. The molecule has 0 spiro atoms. The smallest absolute Gasteiger partial charge is 0.266 e. The van der Waals surface area contributed by atoms with E-state index < -0.39 is 0 Å². The van der Waals surface area contributed by atoms with Crippen LogP contribution in [0.25, 0.3) is 22.4 Å². The van der Waals surface area contributed by atoms with Crippen molar-refractivity contribution < 1.29 is 0 Å². The monoisotopic (exact) mass is 374 g/mol. The summed E-state index contributed by atoms with van der Waals surface area (Å²) in [6.07, 6.45) is 5.14. The summed E-state index contributed by atoms with van der Waals surface area (Å²) in [7, 11) is 0. The lowest BCUT2D eigenvalue weighted by atomic mass is 10.2. The third-order valence-electron chi connectivity index (χ3n) is 3.34. The van der Waals surface area contributed by atoms with E-state index in [0.717, 1.165) is 5.56 Å². The van der Waals surface area contributed by atoms with Gasteiger partial charge in [-0.05, 0) is 35.9 Å². The van der Waals surface area contributed by atoms with Crippen molar-refractivity contribution in [3.63, 3.8) is 0 Å². The minimum atomic E-state index is -0.220. The molecule has 0 atom stereocenters. The Morgan fingerprint density at radius 3 is 2.79 bits per heavy atom. The normalized spacial score (nSPS) is 12.2. The first-order valence-electron chi connectivity index (χ1n) is 6.88. The Morgan fingerprint density at radius 1 is 1.21 bits per heavy atom. The molecular formula is C16H8Cl2N4OS. The number of nitrogens with zero attached hydrogens (tertiary/aromatic N) is 4. The minimum absolute atomic E-state index is 0.220. The fourth-order valence-electron chi connectivity index (χ4n) is 2.23. The molecule has 0 saturated carbocycles. The van der Waals surface area contributed by atoms with Crippen molar-refractivity contribution in [1.29, 1.82) is 0 Å². The lowest BCUT2D eigenvalue weighted by molar-refractivity contribution is 0.937. The van der Waals surface area contributed by atoms with E-state index >= 15 is 0 Å². The van der Waals surface area contributed by atoms with Gasteiger partial charge in [0.15, 0.2) is 5.82 Å². The first-order chi connectivity index (χ1) is 11.6. The van der Waals surface area contributed by atoms with Gasteiger partial charge in [0, 0.05) is 23.0 Å². The maximum absolute atomic E-state index is 12.5. The van der Waals surface area contributed by atoms with E-state index in [1.807, 2.05) is 12.1 Å². The number of aromatic nitrogens is 4. The Kier molecular flexibility index (Phi) is 3.80. The van der Waals surface area contributed by atoms with Crippen LogP contribution in [0.1, 0.15) is 5.56 Å². The topological polar surface area (TPSA) is 60.2 Å². The molecule has 0 fully saturated rings. The average Bonchev–Trinajstić information content (AvgIpc) is 3.09. The number of thiazole rings is 1. The second-order valence-corrected chi connectivity index (χ2v) is 6.81. The third-order valence-corrected chi connectivity index (χ3v) is 4.84. The molecule has 0 N–H and O–H groups in total. The lowest BCUT2D eigenvalue weighted by Crippen LogP contribution is -2.23. The minimum Gasteiger partial charge on any atom is -0.266 e. The number of halogens is 2. The zero-order chi connectivity index (χ0) is 16.7. The van der Waals surface area contributed by atoms with Crippen molar-refractivity contribution in [3.8, 4) is 11.4 Å². The van der Waals surface area contributed by atoms with Gasteiger partial charge in [-0.2, -0.15) is 9.50 Å². The SMILES string of the molecule is O=c1c(=Cc2cccnc2)sc2nc(-c3ccc(Cl)cc3Cl)nn12. The van der Waals surface area contributed by atoms with Crippen LogP contribution in [-0.2, 0) is 0 Å². The molecule has 0 aliphatic carbocycles. The van der Waals surface area contributed by atoms with Gasteiger partial charge in [0.1, 0.15) is 0 Å². The molecule has 4 rings (SSSR count). The van der Waals surface area contributed by atoms with Crippen LogP contribution in [0.3, 0.4) is 0 Å². The quantitative estimate of drug-likeness (QED) is 0.540. The standard InChI is InChI=1S/C16H8Cl2N4OS/c17-10-3-4-11(12(18)7-10)14-20-16-22(21-14)15(23)13(24-16)6-9-2-1-5-19-8-9/h1-8H. The Morgan fingerprint density at radius 2 is 2.08 bits per heavy atom. The molecule has 8 heteroatoms. The first-order valence-corrected chi connectivity index (χ1v) is 8.46. The number of hydrogen-bond acceptors (Lipinski definition) is 5. The summed E-state index contributed by atoms with van der Waals surface area (Å²) < 4.78 is 1.83. The van der Waals surface area contributed by atoms with Crippen molar-refractivity contribution in [3.05, 3.63) is 73.2 Å². The molecule has 0 aliphatic heterocycles. The Hall–Kier alpha value is -2.28. The molecule has 0 aliphatic rings. The van der Waals surface area contributed by atoms with Crippen molar-refractivity contribution in [2.24, 2.45) is 0 Å². The Balaban J connectivity index is 1.84. The molecule has 0 saturated heterocycles. The molecule has 0 radical (unpaired) electrons. The summed E-state index contributed by atoms with van der Waals surface area (Å²) >= 11 is 13.3. The van der Waals surface area contributed by atoms with E-state index in [1.54, 1.807) is 36.7 Å². The van der Waals surface area contributed by atoms with Crippen molar-refractivity contribution in [2.45, 2.75) is 0 Å². The lowest BCUT2D eigenvalue weighted by Gasteiger charge is -1.98. The predicted molar refractivity (Wildman–Crippen MR) is 95.6 cm³/mol. The van der Waals surface area contributed by atoms with Crippen LogP contribution in [0.4, 0.5) is 0 Å². The molecule has 24 heavy (non-hydrogen) atoms. The summed E-state index contributed by atoms with van der Waals surface area (Å²) in [6.45, 7) is 0. The highest BCUT2D eigenvalue weighted by atomic mass is 35.5. The highest BCUT2D eigenvalue weighted by Crippen LogP contribution is 2.28. The highest BCUT2D eigenvalue weighted by Gasteiger charge is 2.14. The van der Waals surface area contributed by atoms with Crippen LogP contribution in [0.5, 0.6) is 0 Å². The zero-order valence-electron chi connectivity index (χ0n) is 12.0. The summed E-state index contributed by atoms with van der Waals surface area (Å²) in [5.74, 6) is 0.396. The van der Waals surface area contributed by atoms with Crippen molar-refractivity contribution >= 4 is 45.6 Å². The molecule has 3 aromatic heterocycles. The fraction of sp³-hybridized carbons (Fsp3) is 0. The van der Waals surface area contributed by atoms with E-state index in [2.05, 4.69) is 15.1 Å². The molecule has 5 nitrogen and oxygen atoms in total. The maximum Gasteiger partial charge on any atom is 0.291 e. The third kappa shape index (κ3) is 2.69. The van der Waals surface area contributed by atoms with Crippen LogP contribution in [0, 0.1) is 0 Å². The summed E-state index contributed by atoms with van der Waals surface area (Å²) in [5, 5.41) is 5.25. The number of hydrogen-bond donors (Lipinski definition) is 0. The van der Waals surface area contributed by atoms with E-state index in [1.165, 1.54) is 15.9 Å². The summed E-state index contributed by atoms with van der Waals surface area (Å²) in [4.78, 5) is 21.4. The van der Waals surface area contributed by atoms with Crippen molar-refractivity contribution in [1.82, 2.24) is 19.6 Å². The van der Waals surface area contributed by atoms with Crippen LogP contribution in [0.15, 0.2) is 47.5 Å². The second-order valence-electron chi connectivity index (χ2n) is 4.96.